The van der Waals surface area contributed by atoms with Crippen LogP contribution in [0.2, 0.25) is 0 Å². The van der Waals surface area contributed by atoms with Gasteiger partial charge in [-0.15, -0.1) is 0 Å². The van der Waals surface area contributed by atoms with Gasteiger partial charge in [0.25, 0.3) is 0 Å². The molecule has 0 bridgehead atoms. The number of hydrogen-bond acceptors (Lipinski definition) is 3. The van der Waals surface area contributed by atoms with Crippen LogP contribution in [0, 0.1) is 0 Å². The van der Waals surface area contributed by atoms with Gasteiger partial charge in [0.2, 0.25) is 5.91 Å². The summed E-state index contributed by atoms with van der Waals surface area (Å²) in [5, 5.41) is 9.24. The lowest BCUT2D eigenvalue weighted by atomic mass is 10.1. The molecule has 1 unspecified atom stereocenters. The van der Waals surface area contributed by atoms with Crippen molar-refractivity contribution < 1.29 is 14.6 Å². The fourth-order valence-electron chi connectivity index (χ4n) is 2.27. The Bertz CT molecular complexity index is 431. The summed E-state index contributed by atoms with van der Waals surface area (Å²) in [7, 11) is 0. The fraction of sp³-hybridized carbons (Fsp3) is 0.533. The van der Waals surface area contributed by atoms with Crippen LogP contribution in [0.15, 0.2) is 24.3 Å². The molecule has 4 heteroatoms. The number of para-hydroxylation sites is 2. The van der Waals surface area contributed by atoms with Crippen LogP contribution in [-0.4, -0.2) is 30.3 Å². The lowest BCUT2D eigenvalue weighted by Gasteiger charge is -2.21. The second-order valence-electron chi connectivity index (χ2n) is 4.96. The van der Waals surface area contributed by atoms with Gasteiger partial charge in [0.05, 0.1) is 24.8 Å². The number of aliphatic hydroxyl groups is 1. The van der Waals surface area contributed by atoms with Crippen LogP contribution >= 0.6 is 0 Å². The molecule has 2 rings (SSSR count). The Kier molecular flexibility index (Phi) is 4.80. The minimum atomic E-state index is -0.268. The van der Waals surface area contributed by atoms with Crippen LogP contribution in [0.3, 0.4) is 0 Å². The number of hydrogen-bond donors (Lipinski definition) is 1. The van der Waals surface area contributed by atoms with Gasteiger partial charge >= 0.3 is 0 Å². The number of benzene rings is 1. The zero-order valence-electron chi connectivity index (χ0n) is 11.3. The summed E-state index contributed by atoms with van der Waals surface area (Å²) in [5.74, 6) is 0.894. The number of anilines is 1. The van der Waals surface area contributed by atoms with Crippen molar-refractivity contribution in [3.8, 4) is 5.75 Å². The van der Waals surface area contributed by atoms with E-state index in [2.05, 4.69) is 0 Å². The summed E-state index contributed by atoms with van der Waals surface area (Å²) in [6.45, 7) is 2.92. The van der Waals surface area contributed by atoms with Crippen molar-refractivity contribution in [1.82, 2.24) is 0 Å². The molecule has 0 aromatic heterocycles. The van der Waals surface area contributed by atoms with Crippen molar-refractivity contribution in [2.45, 2.75) is 38.7 Å². The third kappa shape index (κ3) is 3.70. The van der Waals surface area contributed by atoms with Gasteiger partial charge in [-0.05, 0) is 38.3 Å². The quantitative estimate of drug-likeness (QED) is 0.830. The van der Waals surface area contributed by atoms with Crippen molar-refractivity contribution in [1.29, 1.82) is 0 Å². The molecule has 1 heterocycles. The van der Waals surface area contributed by atoms with E-state index in [0.717, 1.165) is 30.7 Å². The molecule has 1 atom stereocenters. The first-order valence-corrected chi connectivity index (χ1v) is 6.89. The first-order valence-electron chi connectivity index (χ1n) is 6.89. The topological polar surface area (TPSA) is 49.8 Å². The second kappa shape index (κ2) is 6.57. The second-order valence-corrected chi connectivity index (χ2v) is 4.96. The number of rotatable bonds is 5. The normalized spacial score (nSPS) is 16.5. The standard InChI is InChI=1S/C15H21NO3/c1-12(17)6-4-5-10-16-13-7-2-3-8-14(13)19-11-9-15(16)18/h2-3,7-8,12,17H,4-6,9-11H2,1H3. The smallest absolute Gasteiger partial charge is 0.230 e. The summed E-state index contributed by atoms with van der Waals surface area (Å²) >= 11 is 0. The van der Waals surface area contributed by atoms with Gasteiger partial charge in [-0.2, -0.15) is 0 Å². The molecular weight excluding hydrogens is 242 g/mol. The Hall–Kier alpha value is -1.55. The monoisotopic (exact) mass is 263 g/mol. The molecule has 4 nitrogen and oxygen atoms in total. The van der Waals surface area contributed by atoms with Crippen LogP contribution in [0.4, 0.5) is 5.69 Å². The molecule has 104 valence electrons. The highest BCUT2D eigenvalue weighted by molar-refractivity contribution is 5.95. The molecule has 1 amide bonds. The maximum atomic E-state index is 12.1. The molecule has 1 aliphatic heterocycles. The van der Waals surface area contributed by atoms with Crippen molar-refractivity contribution in [3.63, 3.8) is 0 Å². The van der Waals surface area contributed by atoms with E-state index in [1.54, 1.807) is 6.92 Å². The van der Waals surface area contributed by atoms with Crippen LogP contribution in [0.1, 0.15) is 32.6 Å². The Balaban J connectivity index is 2.02. The maximum absolute atomic E-state index is 12.1. The van der Waals surface area contributed by atoms with E-state index in [1.165, 1.54) is 0 Å². The zero-order valence-corrected chi connectivity index (χ0v) is 11.3. The molecule has 0 fully saturated rings. The van der Waals surface area contributed by atoms with Gasteiger partial charge in [-0.25, -0.2) is 0 Å². The molecule has 0 saturated carbocycles. The zero-order chi connectivity index (χ0) is 13.7. The van der Waals surface area contributed by atoms with E-state index < -0.39 is 0 Å². The van der Waals surface area contributed by atoms with Crippen molar-refractivity contribution in [3.05, 3.63) is 24.3 Å². The van der Waals surface area contributed by atoms with Crippen LogP contribution in [0.5, 0.6) is 5.75 Å². The van der Waals surface area contributed by atoms with E-state index in [-0.39, 0.29) is 12.0 Å². The van der Waals surface area contributed by atoms with Crippen molar-refractivity contribution in [2.24, 2.45) is 0 Å². The molecule has 1 aromatic carbocycles. The van der Waals surface area contributed by atoms with Gasteiger partial charge < -0.3 is 14.7 Å². The molecular formula is C15H21NO3. The minimum absolute atomic E-state index is 0.113. The summed E-state index contributed by atoms with van der Waals surface area (Å²) in [5.41, 5.74) is 0.863. The highest BCUT2D eigenvalue weighted by Crippen LogP contribution is 2.31. The van der Waals surface area contributed by atoms with Crippen LogP contribution in [0.25, 0.3) is 0 Å². The van der Waals surface area contributed by atoms with Crippen molar-refractivity contribution in [2.75, 3.05) is 18.1 Å². The summed E-state index contributed by atoms with van der Waals surface area (Å²) in [6.07, 6.45) is 2.75. The highest BCUT2D eigenvalue weighted by atomic mass is 16.5. The predicted octanol–water partition coefficient (Wildman–Crippen LogP) is 2.35. The lowest BCUT2D eigenvalue weighted by molar-refractivity contribution is -0.118. The van der Waals surface area contributed by atoms with Crippen LogP contribution < -0.4 is 9.64 Å². The Labute approximate surface area is 114 Å². The van der Waals surface area contributed by atoms with E-state index in [0.29, 0.717) is 19.6 Å². The van der Waals surface area contributed by atoms with Crippen molar-refractivity contribution >= 4 is 11.6 Å². The third-order valence-electron chi connectivity index (χ3n) is 3.28. The summed E-state index contributed by atoms with van der Waals surface area (Å²) in [4.78, 5) is 13.9. The molecule has 1 N–H and O–H groups in total. The van der Waals surface area contributed by atoms with E-state index in [1.807, 2.05) is 29.2 Å². The molecule has 0 spiro atoms. The van der Waals surface area contributed by atoms with Gasteiger partial charge in [0, 0.05) is 6.54 Å². The lowest BCUT2D eigenvalue weighted by Crippen LogP contribution is -2.31. The van der Waals surface area contributed by atoms with Crippen LogP contribution in [-0.2, 0) is 4.79 Å². The van der Waals surface area contributed by atoms with Gasteiger partial charge in [-0.3, -0.25) is 4.79 Å². The van der Waals surface area contributed by atoms with E-state index in [9.17, 15) is 9.90 Å². The summed E-state index contributed by atoms with van der Waals surface area (Å²) in [6, 6.07) is 7.66. The fourth-order valence-corrected chi connectivity index (χ4v) is 2.27. The van der Waals surface area contributed by atoms with Gasteiger partial charge in [-0.1, -0.05) is 12.1 Å². The average Bonchev–Trinajstić information content (AvgIpc) is 2.54. The highest BCUT2D eigenvalue weighted by Gasteiger charge is 2.22. The Morgan fingerprint density at radius 2 is 2.16 bits per heavy atom. The van der Waals surface area contributed by atoms with Gasteiger partial charge in [0.1, 0.15) is 5.75 Å². The molecule has 0 saturated heterocycles. The number of amides is 1. The molecule has 0 radical (unpaired) electrons. The predicted molar refractivity (Wildman–Crippen MR) is 74.4 cm³/mol. The number of fused-ring (bicyclic) bond motifs is 1. The Morgan fingerprint density at radius 1 is 1.37 bits per heavy atom. The maximum Gasteiger partial charge on any atom is 0.230 e. The molecule has 19 heavy (non-hydrogen) atoms. The third-order valence-corrected chi connectivity index (χ3v) is 3.28. The number of nitrogens with zero attached hydrogens (tertiary/aromatic N) is 1. The van der Waals surface area contributed by atoms with E-state index >= 15 is 0 Å². The largest absolute Gasteiger partial charge is 0.491 e. The number of carbonyl (C=O) groups is 1. The average molecular weight is 263 g/mol. The first kappa shape index (κ1) is 13.9. The van der Waals surface area contributed by atoms with E-state index in [4.69, 9.17) is 4.74 Å². The number of ether oxygens (including phenoxy) is 1. The first-order chi connectivity index (χ1) is 9.18. The summed E-state index contributed by atoms with van der Waals surface area (Å²) < 4.78 is 5.59. The molecule has 1 aromatic rings. The van der Waals surface area contributed by atoms with Gasteiger partial charge in [0.15, 0.2) is 0 Å². The number of carbonyl (C=O) groups excluding carboxylic acids is 1. The SMILES string of the molecule is CC(O)CCCCN1C(=O)CCOc2ccccc21. The Morgan fingerprint density at radius 3 is 2.95 bits per heavy atom. The molecule has 1 aliphatic rings. The minimum Gasteiger partial charge on any atom is -0.491 e. The number of unbranched alkanes of at least 4 members (excludes halogenated alkanes) is 1. The molecule has 0 aliphatic carbocycles. The number of aliphatic hydroxyl groups excluding tert-OH is 1.